The van der Waals surface area contributed by atoms with Gasteiger partial charge < -0.3 is 20.1 Å². The fourth-order valence-corrected chi connectivity index (χ4v) is 5.99. The highest BCUT2D eigenvalue weighted by Gasteiger charge is 2.34. The molecule has 1 heterocycles. The first-order valence-corrected chi connectivity index (χ1v) is 12.6. The highest BCUT2D eigenvalue weighted by atomic mass is 16.5. The second-order valence-electron chi connectivity index (χ2n) is 9.96. The van der Waals surface area contributed by atoms with Crippen LogP contribution in [0.4, 0.5) is 4.79 Å². The van der Waals surface area contributed by atoms with Crippen LogP contribution in [0.5, 0.6) is 0 Å². The molecular weight excluding hydrogens is 444 g/mol. The Morgan fingerprint density at radius 1 is 0.914 bits per heavy atom. The van der Waals surface area contributed by atoms with Crippen molar-refractivity contribution in [2.45, 2.75) is 50.5 Å². The van der Waals surface area contributed by atoms with E-state index in [1.807, 2.05) is 24.3 Å². The average molecular weight is 477 g/mol. The van der Waals surface area contributed by atoms with Crippen molar-refractivity contribution in [1.82, 2.24) is 10.2 Å². The van der Waals surface area contributed by atoms with Crippen LogP contribution in [0.3, 0.4) is 0 Å². The van der Waals surface area contributed by atoms with Crippen molar-refractivity contribution in [1.29, 1.82) is 0 Å². The maximum absolute atomic E-state index is 12.8. The van der Waals surface area contributed by atoms with Gasteiger partial charge in [-0.2, -0.15) is 0 Å². The molecule has 5 rings (SSSR count). The van der Waals surface area contributed by atoms with Gasteiger partial charge in [0.1, 0.15) is 6.61 Å². The number of hydrogen-bond donors (Lipinski definition) is 2. The molecule has 2 N–H and O–H groups in total. The molecule has 2 fully saturated rings. The molecule has 7 nitrogen and oxygen atoms in total. The molecule has 35 heavy (non-hydrogen) atoms. The first kappa shape index (κ1) is 23.4. The lowest BCUT2D eigenvalue weighted by atomic mass is 9.95. The Bertz CT molecular complexity index is 1060. The van der Waals surface area contributed by atoms with Crippen molar-refractivity contribution in [3.8, 4) is 11.1 Å². The van der Waals surface area contributed by atoms with Crippen molar-refractivity contribution in [3.05, 3.63) is 59.7 Å². The highest BCUT2D eigenvalue weighted by molar-refractivity contribution is 5.79. The third-order valence-electron chi connectivity index (χ3n) is 7.94. The molecule has 0 spiro atoms. The lowest BCUT2D eigenvalue weighted by Gasteiger charge is -2.31. The van der Waals surface area contributed by atoms with E-state index >= 15 is 0 Å². The summed E-state index contributed by atoms with van der Waals surface area (Å²) >= 11 is 0. The van der Waals surface area contributed by atoms with E-state index in [9.17, 15) is 14.4 Å². The molecule has 0 bridgehead atoms. The summed E-state index contributed by atoms with van der Waals surface area (Å²) in [5, 5.41) is 12.2. The number of piperidine rings is 1. The van der Waals surface area contributed by atoms with Crippen LogP contribution in [0, 0.1) is 11.8 Å². The molecule has 1 aliphatic heterocycles. The Hall–Kier alpha value is -3.35. The summed E-state index contributed by atoms with van der Waals surface area (Å²) < 4.78 is 5.70. The van der Waals surface area contributed by atoms with Crippen LogP contribution >= 0.6 is 0 Å². The average Bonchev–Trinajstić information content (AvgIpc) is 3.44. The van der Waals surface area contributed by atoms with Crippen LogP contribution in [0.25, 0.3) is 11.1 Å². The van der Waals surface area contributed by atoms with Crippen LogP contribution < -0.4 is 5.32 Å². The maximum Gasteiger partial charge on any atom is 0.407 e. The topological polar surface area (TPSA) is 95.9 Å². The van der Waals surface area contributed by atoms with E-state index < -0.39 is 12.1 Å². The Morgan fingerprint density at radius 2 is 1.54 bits per heavy atom. The third-order valence-corrected chi connectivity index (χ3v) is 7.94. The van der Waals surface area contributed by atoms with Gasteiger partial charge in [-0.05, 0) is 53.9 Å². The largest absolute Gasteiger partial charge is 0.481 e. The molecule has 2 aliphatic carbocycles. The fourth-order valence-electron chi connectivity index (χ4n) is 5.99. The van der Waals surface area contributed by atoms with Gasteiger partial charge in [0.25, 0.3) is 0 Å². The molecule has 2 aromatic rings. The number of aliphatic carboxylic acids is 1. The molecule has 184 valence electrons. The summed E-state index contributed by atoms with van der Waals surface area (Å²) in [6.07, 6.45) is 3.66. The van der Waals surface area contributed by atoms with Gasteiger partial charge >= 0.3 is 12.1 Å². The number of alkyl carbamates (subject to hydrolysis) is 1. The zero-order valence-corrected chi connectivity index (χ0v) is 19.8. The number of amides is 2. The van der Waals surface area contributed by atoms with E-state index in [1.54, 1.807) is 4.90 Å². The van der Waals surface area contributed by atoms with Crippen LogP contribution in [-0.4, -0.2) is 53.7 Å². The lowest BCUT2D eigenvalue weighted by molar-refractivity contribution is -0.146. The summed E-state index contributed by atoms with van der Waals surface area (Å²) in [5.74, 6) is -0.975. The Labute approximate surface area is 205 Å². The minimum Gasteiger partial charge on any atom is -0.481 e. The minimum atomic E-state index is -0.778. The number of likely N-dealkylation sites (tertiary alicyclic amines) is 1. The number of carbonyl (C=O) groups is 3. The summed E-state index contributed by atoms with van der Waals surface area (Å²) in [6.45, 7) is 1.26. The molecule has 0 aromatic heterocycles. The zero-order valence-electron chi connectivity index (χ0n) is 19.8. The number of carbonyl (C=O) groups excluding carboxylic acids is 2. The second kappa shape index (κ2) is 10.1. The number of nitrogens with one attached hydrogen (secondary N) is 1. The van der Waals surface area contributed by atoms with E-state index in [0.717, 1.165) is 19.3 Å². The van der Waals surface area contributed by atoms with Gasteiger partial charge in [0, 0.05) is 31.5 Å². The number of fused-ring (bicyclic) bond motifs is 3. The maximum atomic E-state index is 12.8. The van der Waals surface area contributed by atoms with Crippen LogP contribution in [0.15, 0.2) is 48.5 Å². The number of hydrogen-bond acceptors (Lipinski definition) is 4. The number of carboxylic acids is 1. The first-order valence-electron chi connectivity index (χ1n) is 12.6. The highest BCUT2D eigenvalue weighted by Crippen LogP contribution is 2.44. The predicted molar refractivity (Wildman–Crippen MR) is 131 cm³/mol. The molecule has 2 atom stereocenters. The molecular formula is C28H32N2O5. The first-order chi connectivity index (χ1) is 17.0. The van der Waals surface area contributed by atoms with Gasteiger partial charge in [-0.15, -0.1) is 0 Å². The van der Waals surface area contributed by atoms with E-state index in [4.69, 9.17) is 9.84 Å². The van der Waals surface area contributed by atoms with Gasteiger partial charge in [-0.25, -0.2) is 4.79 Å². The van der Waals surface area contributed by atoms with E-state index in [0.29, 0.717) is 32.4 Å². The van der Waals surface area contributed by atoms with Gasteiger partial charge in [0.15, 0.2) is 0 Å². The fraction of sp³-hybridized carbons (Fsp3) is 0.464. The zero-order chi connectivity index (χ0) is 24.4. The Morgan fingerprint density at radius 3 is 2.17 bits per heavy atom. The number of nitrogens with zero attached hydrogens (tertiary/aromatic N) is 1. The lowest BCUT2D eigenvalue weighted by Crippen LogP contribution is -2.43. The number of ether oxygens (including phenoxy) is 1. The van der Waals surface area contributed by atoms with Crippen molar-refractivity contribution in [3.63, 3.8) is 0 Å². The van der Waals surface area contributed by atoms with E-state index in [2.05, 4.69) is 29.6 Å². The smallest absolute Gasteiger partial charge is 0.407 e. The molecule has 1 saturated heterocycles. The minimum absolute atomic E-state index is 0.0165. The summed E-state index contributed by atoms with van der Waals surface area (Å²) in [6, 6.07) is 16.4. The predicted octanol–water partition coefficient (Wildman–Crippen LogP) is 4.41. The van der Waals surface area contributed by atoms with Crippen LogP contribution in [0.1, 0.15) is 55.6 Å². The molecule has 2 aromatic carbocycles. The Kier molecular flexibility index (Phi) is 6.75. The van der Waals surface area contributed by atoms with Crippen molar-refractivity contribution < 1.29 is 24.2 Å². The normalized spacial score (nSPS) is 21.9. The molecule has 1 saturated carbocycles. The monoisotopic (exact) mass is 476 g/mol. The van der Waals surface area contributed by atoms with Crippen molar-refractivity contribution >= 4 is 18.0 Å². The summed E-state index contributed by atoms with van der Waals surface area (Å²) in [7, 11) is 0. The molecule has 3 aliphatic rings. The van der Waals surface area contributed by atoms with Crippen molar-refractivity contribution in [2.75, 3.05) is 19.7 Å². The number of rotatable bonds is 6. The van der Waals surface area contributed by atoms with E-state index in [1.165, 1.54) is 22.3 Å². The van der Waals surface area contributed by atoms with Crippen molar-refractivity contribution in [2.24, 2.45) is 11.8 Å². The summed E-state index contributed by atoms with van der Waals surface area (Å²) in [5.41, 5.74) is 4.74. The third kappa shape index (κ3) is 4.90. The number of benzene rings is 2. The van der Waals surface area contributed by atoms with E-state index in [-0.39, 0.29) is 36.3 Å². The molecule has 0 radical (unpaired) electrons. The quantitative estimate of drug-likeness (QED) is 0.644. The molecule has 2 amide bonds. The van der Waals surface area contributed by atoms with Gasteiger partial charge in [-0.1, -0.05) is 55.0 Å². The molecule has 7 heteroatoms. The summed E-state index contributed by atoms with van der Waals surface area (Å²) in [4.78, 5) is 38.5. The SMILES string of the molecule is O=C(NC1CCCC1CC(=O)N1CCC(C(=O)O)CC1)OCC1c2ccccc2-c2ccccc21. The van der Waals surface area contributed by atoms with Crippen LogP contribution in [-0.2, 0) is 14.3 Å². The molecule has 2 unspecified atom stereocenters. The van der Waals surface area contributed by atoms with Gasteiger partial charge in [0.2, 0.25) is 5.91 Å². The standard InChI is InChI=1S/C28H32N2O5/c31-26(30-14-12-18(13-15-30)27(32)33)16-19-6-5-11-25(19)29-28(34)35-17-24-22-9-3-1-7-20(22)21-8-2-4-10-23(21)24/h1-4,7-10,18-19,24-25H,5-6,11-17H2,(H,29,34)(H,32,33). The van der Waals surface area contributed by atoms with Gasteiger partial charge in [-0.3, -0.25) is 9.59 Å². The second-order valence-corrected chi connectivity index (χ2v) is 9.96. The van der Waals surface area contributed by atoms with Crippen LogP contribution in [0.2, 0.25) is 0 Å². The number of carboxylic acid groups (broad SMARTS) is 1. The Balaban J connectivity index is 1.14. The van der Waals surface area contributed by atoms with Gasteiger partial charge in [0.05, 0.1) is 5.92 Å².